The van der Waals surface area contributed by atoms with E-state index in [0.717, 1.165) is 12.8 Å². The van der Waals surface area contributed by atoms with Crippen molar-refractivity contribution in [3.8, 4) is 0 Å². The number of rotatable bonds is 4. The Morgan fingerprint density at radius 3 is 2.79 bits per heavy atom. The number of hydroxylamine groups is 1. The average molecular weight is 193 g/mol. The molecule has 1 amide bonds. The van der Waals surface area contributed by atoms with Crippen molar-refractivity contribution in [2.75, 3.05) is 0 Å². The van der Waals surface area contributed by atoms with Gasteiger partial charge in [0.2, 0.25) is 5.91 Å². The molecule has 0 saturated heterocycles. The predicted molar refractivity (Wildman–Crippen MR) is 54.0 cm³/mol. The van der Waals surface area contributed by atoms with E-state index in [9.17, 15) is 4.79 Å². The molecule has 2 N–H and O–H groups in total. The lowest BCUT2D eigenvalue weighted by atomic mass is 10.0. The maximum atomic E-state index is 10.7. The van der Waals surface area contributed by atoms with Crippen LogP contribution in [0.25, 0.3) is 0 Å². The molecule has 0 fully saturated rings. The van der Waals surface area contributed by atoms with Crippen molar-refractivity contribution in [3.05, 3.63) is 35.4 Å². The number of carbonyl (C=O) groups excluding carboxylic acids is 1. The first-order chi connectivity index (χ1) is 6.74. The van der Waals surface area contributed by atoms with Gasteiger partial charge in [-0.2, -0.15) is 0 Å². The minimum absolute atomic E-state index is 0.321. The third-order valence-electron chi connectivity index (χ3n) is 2.24. The number of amides is 1. The number of benzene rings is 1. The van der Waals surface area contributed by atoms with Gasteiger partial charge in [0.05, 0.1) is 0 Å². The summed E-state index contributed by atoms with van der Waals surface area (Å²) in [5, 5.41) is 8.29. The van der Waals surface area contributed by atoms with E-state index in [-0.39, 0.29) is 5.91 Å². The van der Waals surface area contributed by atoms with Crippen molar-refractivity contribution in [2.24, 2.45) is 0 Å². The minimum atomic E-state index is -0.321. The third-order valence-corrected chi connectivity index (χ3v) is 2.24. The SMILES string of the molecule is Cc1ccccc1CCCC(=O)NO. The van der Waals surface area contributed by atoms with Crippen molar-refractivity contribution in [3.63, 3.8) is 0 Å². The van der Waals surface area contributed by atoms with Crippen molar-refractivity contribution < 1.29 is 10.0 Å². The number of nitrogens with one attached hydrogen (secondary N) is 1. The topological polar surface area (TPSA) is 49.3 Å². The lowest BCUT2D eigenvalue weighted by Crippen LogP contribution is -2.18. The summed E-state index contributed by atoms with van der Waals surface area (Å²) in [7, 11) is 0. The van der Waals surface area contributed by atoms with Gasteiger partial charge in [0.25, 0.3) is 0 Å². The summed E-state index contributed by atoms with van der Waals surface area (Å²) in [6, 6.07) is 8.11. The fraction of sp³-hybridized carbons (Fsp3) is 0.364. The molecule has 1 aromatic carbocycles. The molecule has 0 aliphatic rings. The first kappa shape index (κ1) is 10.7. The van der Waals surface area contributed by atoms with Gasteiger partial charge in [0.15, 0.2) is 0 Å². The highest BCUT2D eigenvalue weighted by atomic mass is 16.5. The van der Waals surface area contributed by atoms with Gasteiger partial charge in [-0.3, -0.25) is 10.0 Å². The maximum absolute atomic E-state index is 10.7. The van der Waals surface area contributed by atoms with E-state index in [2.05, 4.69) is 19.1 Å². The molecule has 0 unspecified atom stereocenters. The van der Waals surface area contributed by atoms with Gasteiger partial charge in [-0.25, -0.2) is 5.48 Å². The summed E-state index contributed by atoms with van der Waals surface area (Å²) >= 11 is 0. The normalized spacial score (nSPS) is 9.86. The van der Waals surface area contributed by atoms with Gasteiger partial charge in [-0.1, -0.05) is 24.3 Å². The second-order valence-electron chi connectivity index (χ2n) is 3.32. The maximum Gasteiger partial charge on any atom is 0.243 e. The fourth-order valence-electron chi connectivity index (χ4n) is 1.39. The Kier molecular flexibility index (Phi) is 4.13. The lowest BCUT2D eigenvalue weighted by molar-refractivity contribution is -0.129. The molecule has 3 heteroatoms. The van der Waals surface area contributed by atoms with Gasteiger partial charge in [-0.15, -0.1) is 0 Å². The van der Waals surface area contributed by atoms with Crippen molar-refractivity contribution in [1.29, 1.82) is 0 Å². The summed E-state index contributed by atoms with van der Waals surface area (Å²) in [6.45, 7) is 2.06. The molecular formula is C11H15NO2. The Morgan fingerprint density at radius 1 is 1.43 bits per heavy atom. The van der Waals surface area contributed by atoms with Crippen LogP contribution in [0.5, 0.6) is 0 Å². The zero-order valence-electron chi connectivity index (χ0n) is 8.29. The molecule has 3 nitrogen and oxygen atoms in total. The zero-order chi connectivity index (χ0) is 10.4. The van der Waals surface area contributed by atoms with E-state index in [4.69, 9.17) is 5.21 Å². The fourth-order valence-corrected chi connectivity index (χ4v) is 1.39. The van der Waals surface area contributed by atoms with Gasteiger partial charge < -0.3 is 0 Å². The van der Waals surface area contributed by atoms with E-state index >= 15 is 0 Å². The van der Waals surface area contributed by atoms with Crippen LogP contribution in [0.4, 0.5) is 0 Å². The van der Waals surface area contributed by atoms with Crippen LogP contribution in [-0.4, -0.2) is 11.1 Å². The summed E-state index contributed by atoms with van der Waals surface area (Å²) in [5.74, 6) is -0.321. The second kappa shape index (κ2) is 5.40. The molecule has 0 spiro atoms. The average Bonchev–Trinajstić information content (AvgIpc) is 2.20. The Morgan fingerprint density at radius 2 is 2.14 bits per heavy atom. The van der Waals surface area contributed by atoms with E-state index in [1.165, 1.54) is 11.1 Å². The van der Waals surface area contributed by atoms with Crippen LogP contribution in [0, 0.1) is 6.92 Å². The van der Waals surface area contributed by atoms with Crippen LogP contribution >= 0.6 is 0 Å². The highest BCUT2D eigenvalue weighted by molar-refractivity contribution is 5.74. The molecule has 0 bridgehead atoms. The number of carbonyl (C=O) groups is 1. The van der Waals surface area contributed by atoms with E-state index in [1.54, 1.807) is 5.48 Å². The summed E-state index contributed by atoms with van der Waals surface area (Å²) in [4.78, 5) is 10.7. The molecule has 1 aromatic rings. The van der Waals surface area contributed by atoms with Crippen LogP contribution in [0.15, 0.2) is 24.3 Å². The third kappa shape index (κ3) is 3.18. The summed E-state index contributed by atoms with van der Waals surface area (Å²) in [5.41, 5.74) is 4.14. The van der Waals surface area contributed by atoms with Gasteiger partial charge >= 0.3 is 0 Å². The number of hydrogen-bond donors (Lipinski definition) is 2. The van der Waals surface area contributed by atoms with E-state index in [1.807, 2.05) is 12.1 Å². The van der Waals surface area contributed by atoms with E-state index < -0.39 is 0 Å². The summed E-state index contributed by atoms with van der Waals surface area (Å²) in [6.07, 6.45) is 2.00. The van der Waals surface area contributed by atoms with Gasteiger partial charge in [0.1, 0.15) is 0 Å². The molecule has 0 aliphatic heterocycles. The van der Waals surface area contributed by atoms with Crippen LogP contribution < -0.4 is 5.48 Å². The molecular weight excluding hydrogens is 178 g/mol. The number of aryl methyl sites for hydroxylation is 2. The molecule has 0 heterocycles. The van der Waals surface area contributed by atoms with Crippen molar-refractivity contribution in [2.45, 2.75) is 26.2 Å². The van der Waals surface area contributed by atoms with Gasteiger partial charge in [-0.05, 0) is 30.9 Å². The van der Waals surface area contributed by atoms with Crippen LogP contribution in [0.3, 0.4) is 0 Å². The largest absolute Gasteiger partial charge is 0.289 e. The highest BCUT2D eigenvalue weighted by Gasteiger charge is 2.00. The smallest absolute Gasteiger partial charge is 0.243 e. The summed E-state index contributed by atoms with van der Waals surface area (Å²) < 4.78 is 0. The molecule has 0 atom stereocenters. The Labute approximate surface area is 83.7 Å². The van der Waals surface area contributed by atoms with Crippen molar-refractivity contribution in [1.82, 2.24) is 5.48 Å². The Bertz CT molecular complexity index is 310. The molecule has 0 radical (unpaired) electrons. The zero-order valence-corrected chi connectivity index (χ0v) is 8.29. The molecule has 0 aliphatic carbocycles. The Hall–Kier alpha value is -1.35. The molecule has 0 saturated carbocycles. The number of hydrogen-bond acceptors (Lipinski definition) is 2. The highest BCUT2D eigenvalue weighted by Crippen LogP contribution is 2.10. The monoisotopic (exact) mass is 193 g/mol. The second-order valence-corrected chi connectivity index (χ2v) is 3.32. The lowest BCUT2D eigenvalue weighted by Gasteiger charge is -2.04. The first-order valence-corrected chi connectivity index (χ1v) is 4.71. The Balaban J connectivity index is 2.39. The van der Waals surface area contributed by atoms with Crippen LogP contribution in [0.1, 0.15) is 24.0 Å². The first-order valence-electron chi connectivity index (χ1n) is 4.71. The van der Waals surface area contributed by atoms with Gasteiger partial charge in [0, 0.05) is 6.42 Å². The standard InChI is InChI=1S/C11H15NO2/c1-9-5-2-3-6-10(9)7-4-8-11(13)12-14/h2-3,5-6,14H,4,7-8H2,1H3,(H,12,13). The molecule has 0 aromatic heterocycles. The molecule has 1 rings (SSSR count). The van der Waals surface area contributed by atoms with E-state index in [0.29, 0.717) is 6.42 Å². The molecule has 76 valence electrons. The van der Waals surface area contributed by atoms with Crippen molar-refractivity contribution >= 4 is 5.91 Å². The van der Waals surface area contributed by atoms with Crippen LogP contribution in [-0.2, 0) is 11.2 Å². The predicted octanol–water partition coefficient (Wildman–Crippen LogP) is 1.82. The quantitative estimate of drug-likeness (QED) is 0.566. The molecule has 14 heavy (non-hydrogen) atoms. The minimum Gasteiger partial charge on any atom is -0.289 e. The van der Waals surface area contributed by atoms with Crippen LogP contribution in [0.2, 0.25) is 0 Å².